The van der Waals surface area contributed by atoms with Crippen molar-refractivity contribution in [2.24, 2.45) is 29.4 Å². The summed E-state index contributed by atoms with van der Waals surface area (Å²) in [7, 11) is 2.91. The highest BCUT2D eigenvalue weighted by atomic mass is 127. The molecule has 8 atom stereocenters. The lowest BCUT2D eigenvalue weighted by Gasteiger charge is -2.56. The zero-order valence-electron chi connectivity index (χ0n) is 20.6. The molecule has 1 aromatic rings. The Morgan fingerprint density at radius 1 is 1.16 bits per heavy atom. The van der Waals surface area contributed by atoms with E-state index < -0.39 is 82.3 Å². The van der Waals surface area contributed by atoms with Crippen LogP contribution >= 0.6 is 22.6 Å². The van der Waals surface area contributed by atoms with E-state index in [2.05, 4.69) is 0 Å². The number of nitrogens with two attached hydrogens (primary N) is 1. The van der Waals surface area contributed by atoms with Gasteiger partial charge in [0.2, 0.25) is 5.91 Å². The summed E-state index contributed by atoms with van der Waals surface area (Å²) in [5.41, 5.74) is 2.64. The van der Waals surface area contributed by atoms with Crippen LogP contribution in [0, 0.1) is 27.2 Å². The summed E-state index contributed by atoms with van der Waals surface area (Å²) in [5, 5.41) is 22.4. The first-order valence-electron chi connectivity index (χ1n) is 11.8. The molecular formula is C25H27IN2O9. The van der Waals surface area contributed by atoms with Crippen LogP contribution in [-0.2, 0) is 28.7 Å². The van der Waals surface area contributed by atoms with Gasteiger partial charge in [0.05, 0.1) is 23.4 Å². The number of primary amides is 1. The Balaban J connectivity index is 2.05. The largest absolute Gasteiger partial charge is 0.507 e. The molecule has 3 aliphatic rings. The Morgan fingerprint density at radius 3 is 2.32 bits per heavy atom. The number of nitrogens with zero attached hydrogens (tertiary/aromatic N) is 1. The van der Waals surface area contributed by atoms with Gasteiger partial charge in [-0.2, -0.15) is 0 Å². The number of esters is 1. The van der Waals surface area contributed by atoms with E-state index in [0.717, 1.165) is 0 Å². The second kappa shape index (κ2) is 9.24. The average molecular weight is 626 g/mol. The van der Waals surface area contributed by atoms with Crippen molar-refractivity contribution >= 4 is 57.6 Å². The first-order chi connectivity index (χ1) is 17.2. The van der Waals surface area contributed by atoms with Crippen molar-refractivity contribution in [2.45, 2.75) is 43.9 Å². The van der Waals surface area contributed by atoms with Crippen LogP contribution in [0.1, 0.15) is 42.1 Å². The smallest absolute Gasteiger partial charge is 0.305 e. The molecule has 2 fully saturated rings. The minimum Gasteiger partial charge on any atom is -0.507 e. The van der Waals surface area contributed by atoms with Gasteiger partial charge < -0.3 is 20.7 Å². The molecular weight excluding hydrogens is 599 g/mol. The SMILES string of the molecule is CCC(=O)O[C@H]1[C@H]2C(C(=O)c3c(O)ccc(I)c3[C@@H]2C)C(=O)[C@]2(O)C(=O)C(C(N)=O)C(=O)[C@@H](N(C)C)[C@H]12. The predicted molar refractivity (Wildman–Crippen MR) is 134 cm³/mol. The van der Waals surface area contributed by atoms with E-state index >= 15 is 0 Å². The van der Waals surface area contributed by atoms with E-state index in [1.54, 1.807) is 13.0 Å². The summed E-state index contributed by atoms with van der Waals surface area (Å²) in [6.45, 7) is 3.22. The number of ether oxygens (including phenoxy) is 1. The number of fused-ring (bicyclic) bond motifs is 3. The summed E-state index contributed by atoms with van der Waals surface area (Å²) in [4.78, 5) is 80.9. The molecule has 0 heterocycles. The molecule has 4 rings (SSSR count). The second-order valence-corrected chi connectivity index (χ2v) is 11.2. The van der Waals surface area contributed by atoms with Gasteiger partial charge in [-0.3, -0.25) is 33.7 Å². The number of halogens is 1. The predicted octanol–water partition coefficient (Wildman–Crippen LogP) is -0.0357. The number of hydrogen-bond donors (Lipinski definition) is 3. The summed E-state index contributed by atoms with van der Waals surface area (Å²) < 4.78 is 6.37. The van der Waals surface area contributed by atoms with Gasteiger partial charge >= 0.3 is 5.97 Å². The third kappa shape index (κ3) is 3.67. The first kappa shape index (κ1) is 27.3. The molecule has 0 saturated heterocycles. The average Bonchev–Trinajstić information content (AvgIpc) is 2.81. The van der Waals surface area contributed by atoms with Crippen LogP contribution in [0.25, 0.3) is 0 Å². The maximum Gasteiger partial charge on any atom is 0.305 e. The molecule has 4 N–H and O–H groups in total. The number of carbonyl (C=O) groups is 6. The molecule has 37 heavy (non-hydrogen) atoms. The van der Waals surface area contributed by atoms with E-state index in [1.807, 2.05) is 22.6 Å². The highest BCUT2D eigenvalue weighted by Crippen LogP contribution is 2.55. The van der Waals surface area contributed by atoms with Gasteiger partial charge in [-0.25, -0.2) is 0 Å². The van der Waals surface area contributed by atoms with Crippen LogP contribution in [0.3, 0.4) is 0 Å². The number of benzene rings is 1. The monoisotopic (exact) mass is 626 g/mol. The van der Waals surface area contributed by atoms with Crippen LogP contribution in [0.15, 0.2) is 12.1 Å². The number of phenolic OH excluding ortho intramolecular Hbond substituents is 1. The molecule has 2 saturated carbocycles. The Kier molecular flexibility index (Phi) is 6.82. The van der Waals surface area contributed by atoms with Crippen molar-refractivity contribution in [1.82, 2.24) is 4.90 Å². The highest BCUT2D eigenvalue weighted by Gasteiger charge is 2.74. The molecule has 1 aromatic carbocycles. The number of Topliss-reactive ketones (excluding diaryl/α,β-unsaturated/α-hetero) is 4. The second-order valence-electron chi connectivity index (χ2n) is 10.0. The highest BCUT2D eigenvalue weighted by molar-refractivity contribution is 14.1. The third-order valence-electron chi connectivity index (χ3n) is 7.94. The maximum atomic E-state index is 14.0. The third-order valence-corrected chi connectivity index (χ3v) is 8.88. The standard InChI is InChI=1S/C25H27IN2O9/c1-5-11(30)37-21-13-8(2)12-9(26)6-7-10(29)14(12)19(31)15(13)22(33)25(36)17(21)18(28(3)4)20(32)16(23(25)34)24(27)35/h6-8,13,15-18,21,29,36H,5H2,1-4H3,(H2,27,35)/t8-,13+,15?,16?,17+,18-,21-,25-/m0/s1. The molecule has 11 nitrogen and oxygen atoms in total. The summed E-state index contributed by atoms with van der Waals surface area (Å²) in [6.07, 6.45) is -1.53. The Morgan fingerprint density at radius 2 is 1.78 bits per heavy atom. The number of rotatable bonds is 4. The van der Waals surface area contributed by atoms with Crippen molar-refractivity contribution in [3.05, 3.63) is 26.8 Å². The number of likely N-dealkylation sites (N-methyl/N-ethyl adjacent to an activating group) is 1. The van der Waals surface area contributed by atoms with E-state index in [4.69, 9.17) is 10.5 Å². The number of aliphatic hydroxyl groups is 1. The van der Waals surface area contributed by atoms with Gasteiger partial charge in [-0.1, -0.05) is 13.8 Å². The molecule has 3 aliphatic carbocycles. The molecule has 0 spiro atoms. The van der Waals surface area contributed by atoms with Gasteiger partial charge in [-0.05, 0) is 60.3 Å². The summed E-state index contributed by atoms with van der Waals surface area (Å²) in [5.74, 6) is -14.0. The van der Waals surface area contributed by atoms with Gasteiger partial charge in [0.15, 0.2) is 34.7 Å². The van der Waals surface area contributed by atoms with Gasteiger partial charge in [-0.15, -0.1) is 0 Å². The van der Waals surface area contributed by atoms with E-state index in [-0.39, 0.29) is 17.7 Å². The lowest BCUT2D eigenvalue weighted by molar-refractivity contribution is -0.205. The fourth-order valence-corrected chi connectivity index (χ4v) is 7.31. The first-order valence-corrected chi connectivity index (χ1v) is 12.8. The number of hydrogen-bond acceptors (Lipinski definition) is 10. The number of ketones is 4. The molecule has 1 amide bonds. The molecule has 0 bridgehead atoms. The molecule has 0 radical (unpaired) electrons. The number of carbonyl (C=O) groups excluding carboxylic acids is 6. The van der Waals surface area contributed by atoms with E-state index in [1.165, 1.54) is 32.0 Å². The van der Waals surface area contributed by atoms with Crippen LogP contribution in [0.4, 0.5) is 0 Å². The fourth-order valence-electron chi connectivity index (χ4n) is 6.37. The zero-order valence-corrected chi connectivity index (χ0v) is 22.7. The van der Waals surface area contributed by atoms with Crippen molar-refractivity contribution in [2.75, 3.05) is 14.1 Å². The minimum atomic E-state index is -3.02. The quantitative estimate of drug-likeness (QED) is 0.233. The minimum absolute atomic E-state index is 0.0946. The van der Waals surface area contributed by atoms with E-state index in [0.29, 0.717) is 9.13 Å². The maximum absolute atomic E-state index is 14.0. The van der Waals surface area contributed by atoms with Gasteiger partial charge in [0, 0.05) is 15.9 Å². The van der Waals surface area contributed by atoms with Crippen LogP contribution < -0.4 is 5.73 Å². The molecule has 0 aromatic heterocycles. The van der Waals surface area contributed by atoms with Crippen LogP contribution in [-0.4, -0.2) is 82.0 Å². The number of aromatic hydroxyl groups is 1. The van der Waals surface area contributed by atoms with Crippen molar-refractivity contribution < 1.29 is 43.7 Å². The van der Waals surface area contributed by atoms with Crippen LogP contribution in [0.2, 0.25) is 0 Å². The molecule has 2 unspecified atom stereocenters. The van der Waals surface area contributed by atoms with Gasteiger partial charge in [0.1, 0.15) is 11.9 Å². The summed E-state index contributed by atoms with van der Waals surface area (Å²) in [6, 6.07) is 1.49. The lowest BCUT2D eigenvalue weighted by Crippen LogP contribution is -2.78. The van der Waals surface area contributed by atoms with Crippen molar-refractivity contribution in [3.8, 4) is 5.75 Å². The molecule has 198 valence electrons. The zero-order chi connectivity index (χ0) is 27.7. The number of amides is 1. The normalized spacial score (nSPS) is 35.1. The van der Waals surface area contributed by atoms with Crippen molar-refractivity contribution in [1.29, 1.82) is 0 Å². The van der Waals surface area contributed by atoms with Crippen LogP contribution in [0.5, 0.6) is 5.75 Å². The fraction of sp³-hybridized carbons (Fsp3) is 0.520. The number of phenols is 1. The van der Waals surface area contributed by atoms with Crippen molar-refractivity contribution in [3.63, 3.8) is 0 Å². The van der Waals surface area contributed by atoms with Gasteiger partial charge in [0.25, 0.3) is 0 Å². The molecule has 0 aliphatic heterocycles. The Labute approximate surface area is 225 Å². The topological polar surface area (TPSA) is 181 Å². The molecule has 12 heteroatoms. The lowest BCUT2D eigenvalue weighted by atomic mass is 9.49. The Bertz CT molecular complexity index is 1260. The Hall–Kier alpha value is -2.71. The van der Waals surface area contributed by atoms with E-state index in [9.17, 15) is 39.0 Å². The summed E-state index contributed by atoms with van der Waals surface area (Å²) >= 11 is 1.99.